The molecule has 7 heteroatoms. The van der Waals surface area contributed by atoms with Crippen LogP contribution in [0.4, 0.5) is 0 Å². The third-order valence-electron chi connectivity index (χ3n) is 3.63. The van der Waals surface area contributed by atoms with Gasteiger partial charge in [0.15, 0.2) is 9.84 Å². The average Bonchev–Trinajstić information content (AvgIpc) is 3.00. The summed E-state index contributed by atoms with van der Waals surface area (Å²) in [4.78, 5) is 0. The van der Waals surface area contributed by atoms with Crippen molar-refractivity contribution in [2.24, 2.45) is 11.8 Å². The Balaban J connectivity index is 2.04. The van der Waals surface area contributed by atoms with Gasteiger partial charge in [0.25, 0.3) is 0 Å². The van der Waals surface area contributed by atoms with Crippen LogP contribution in [0, 0.1) is 11.8 Å². The fourth-order valence-electron chi connectivity index (χ4n) is 2.61. The van der Waals surface area contributed by atoms with E-state index in [-0.39, 0.29) is 29.2 Å². The molecule has 2 fully saturated rings. The number of sulfonamides is 1. The predicted molar refractivity (Wildman–Crippen MR) is 75.1 cm³/mol. The Hall–Kier alpha value is -0.140. The number of hydrogen-bond acceptors (Lipinski definition) is 4. The van der Waals surface area contributed by atoms with E-state index in [2.05, 4.69) is 0 Å². The van der Waals surface area contributed by atoms with Crippen LogP contribution in [-0.4, -0.2) is 51.0 Å². The Morgan fingerprint density at radius 2 is 1.84 bits per heavy atom. The molecule has 0 aromatic rings. The monoisotopic (exact) mass is 309 g/mol. The van der Waals surface area contributed by atoms with Crippen LogP contribution in [-0.2, 0) is 19.9 Å². The quantitative estimate of drug-likeness (QED) is 0.730. The van der Waals surface area contributed by atoms with Crippen LogP contribution in [0.1, 0.15) is 33.1 Å². The summed E-state index contributed by atoms with van der Waals surface area (Å²) in [5, 5.41) is 0. The van der Waals surface area contributed by atoms with E-state index in [1.807, 2.05) is 13.8 Å². The van der Waals surface area contributed by atoms with Gasteiger partial charge in [-0.2, -0.15) is 4.31 Å². The van der Waals surface area contributed by atoms with Gasteiger partial charge in [-0.25, -0.2) is 16.8 Å². The minimum atomic E-state index is -3.32. The summed E-state index contributed by atoms with van der Waals surface area (Å²) in [6, 6.07) is 0.158. The lowest BCUT2D eigenvalue weighted by molar-refractivity contribution is 0.357. The topological polar surface area (TPSA) is 71.5 Å². The van der Waals surface area contributed by atoms with Gasteiger partial charge in [0.05, 0.1) is 17.3 Å². The van der Waals surface area contributed by atoms with Crippen molar-refractivity contribution in [1.82, 2.24) is 4.31 Å². The zero-order chi connectivity index (χ0) is 14.3. The second-order valence-electron chi connectivity index (χ2n) is 6.24. The molecule has 1 heterocycles. The molecule has 0 N–H and O–H groups in total. The first kappa shape index (κ1) is 15.3. The van der Waals surface area contributed by atoms with Gasteiger partial charge in [0.2, 0.25) is 10.0 Å². The molecule has 112 valence electrons. The first-order valence-electron chi connectivity index (χ1n) is 6.89. The van der Waals surface area contributed by atoms with Gasteiger partial charge in [-0.3, -0.25) is 0 Å². The van der Waals surface area contributed by atoms with Gasteiger partial charge in [-0.1, -0.05) is 13.8 Å². The van der Waals surface area contributed by atoms with Crippen molar-refractivity contribution in [3.05, 3.63) is 0 Å². The fourth-order valence-corrected chi connectivity index (χ4v) is 6.88. The molecule has 2 rings (SSSR count). The molecule has 1 aliphatic heterocycles. The largest absolute Gasteiger partial charge is 0.229 e. The Kier molecular flexibility index (Phi) is 4.28. The molecular weight excluding hydrogens is 286 g/mol. The molecule has 0 radical (unpaired) electrons. The van der Waals surface area contributed by atoms with Crippen LogP contribution in [0.25, 0.3) is 0 Å². The van der Waals surface area contributed by atoms with E-state index in [1.54, 1.807) is 4.31 Å². The van der Waals surface area contributed by atoms with E-state index in [0.29, 0.717) is 18.9 Å². The molecule has 1 aliphatic carbocycles. The summed E-state index contributed by atoms with van der Waals surface area (Å²) in [5.74, 6) is 0.244. The summed E-state index contributed by atoms with van der Waals surface area (Å²) in [6.45, 7) is 4.56. The third kappa shape index (κ3) is 4.16. The molecule has 0 unspecified atom stereocenters. The molecule has 0 bridgehead atoms. The minimum absolute atomic E-state index is 0.00451. The van der Waals surface area contributed by atoms with Crippen molar-refractivity contribution < 1.29 is 16.8 Å². The molecule has 1 atom stereocenters. The molecular formula is C12H23NO4S2. The summed E-state index contributed by atoms with van der Waals surface area (Å²) in [6.07, 6.45) is 2.37. The summed E-state index contributed by atoms with van der Waals surface area (Å²) in [5.41, 5.74) is 0. The molecule has 19 heavy (non-hydrogen) atoms. The fraction of sp³-hybridized carbons (Fsp3) is 1.00. The first-order valence-corrected chi connectivity index (χ1v) is 10.3. The van der Waals surface area contributed by atoms with Gasteiger partial charge >= 0.3 is 0 Å². The zero-order valence-electron chi connectivity index (χ0n) is 11.6. The van der Waals surface area contributed by atoms with Crippen molar-refractivity contribution >= 4 is 19.9 Å². The van der Waals surface area contributed by atoms with E-state index in [4.69, 9.17) is 0 Å². The second-order valence-corrected chi connectivity index (χ2v) is 10.4. The van der Waals surface area contributed by atoms with Crippen LogP contribution in [0.5, 0.6) is 0 Å². The highest BCUT2D eigenvalue weighted by molar-refractivity contribution is 7.92. The maximum absolute atomic E-state index is 12.4. The first-order chi connectivity index (χ1) is 8.70. The van der Waals surface area contributed by atoms with Crippen molar-refractivity contribution in [2.75, 3.05) is 23.8 Å². The van der Waals surface area contributed by atoms with E-state index >= 15 is 0 Å². The van der Waals surface area contributed by atoms with Crippen molar-refractivity contribution in [1.29, 1.82) is 0 Å². The highest BCUT2D eigenvalue weighted by Gasteiger charge is 2.40. The minimum Gasteiger partial charge on any atom is -0.229 e. The summed E-state index contributed by atoms with van der Waals surface area (Å²) >= 11 is 0. The van der Waals surface area contributed by atoms with Gasteiger partial charge < -0.3 is 0 Å². The lowest BCUT2D eigenvalue weighted by Gasteiger charge is -2.25. The average molecular weight is 309 g/mol. The summed E-state index contributed by atoms with van der Waals surface area (Å²) in [7, 11) is -6.32. The van der Waals surface area contributed by atoms with Crippen LogP contribution >= 0.6 is 0 Å². The number of hydrogen-bond donors (Lipinski definition) is 0. The Bertz CT molecular complexity index is 520. The lowest BCUT2D eigenvalue weighted by atomic mass is 10.2. The molecule has 0 amide bonds. The Morgan fingerprint density at radius 1 is 1.21 bits per heavy atom. The maximum atomic E-state index is 12.4. The predicted octanol–water partition coefficient (Wildman–Crippen LogP) is 0.871. The molecule has 5 nitrogen and oxygen atoms in total. The summed E-state index contributed by atoms with van der Waals surface area (Å²) < 4.78 is 49.3. The Labute approximate surface area is 116 Å². The smallest absolute Gasteiger partial charge is 0.214 e. The Morgan fingerprint density at radius 3 is 2.26 bits per heavy atom. The molecule has 0 aromatic heterocycles. The van der Waals surface area contributed by atoms with Gasteiger partial charge in [0, 0.05) is 12.6 Å². The zero-order valence-corrected chi connectivity index (χ0v) is 13.2. The van der Waals surface area contributed by atoms with E-state index in [1.165, 1.54) is 0 Å². The van der Waals surface area contributed by atoms with Crippen LogP contribution in [0.3, 0.4) is 0 Å². The standard InChI is InChI=1S/C12H23NO4S2/c1-10(2)7-13(12-3-4-12)19(16,17)9-11-5-6-18(14,15)8-11/h10-12H,3-9H2,1-2H3/t11-/m1/s1. The lowest BCUT2D eigenvalue weighted by Crippen LogP contribution is -2.39. The van der Waals surface area contributed by atoms with Crippen molar-refractivity contribution in [3.8, 4) is 0 Å². The molecule has 1 saturated heterocycles. The third-order valence-corrected chi connectivity index (χ3v) is 7.52. The van der Waals surface area contributed by atoms with E-state index in [0.717, 1.165) is 12.8 Å². The molecule has 2 aliphatic rings. The highest BCUT2D eigenvalue weighted by atomic mass is 32.2. The second kappa shape index (κ2) is 5.33. The van der Waals surface area contributed by atoms with Crippen LogP contribution in [0.2, 0.25) is 0 Å². The maximum Gasteiger partial charge on any atom is 0.214 e. The molecule has 0 spiro atoms. The van der Waals surface area contributed by atoms with Crippen molar-refractivity contribution in [3.63, 3.8) is 0 Å². The highest BCUT2D eigenvalue weighted by Crippen LogP contribution is 2.32. The van der Waals surface area contributed by atoms with Crippen LogP contribution < -0.4 is 0 Å². The number of rotatable bonds is 6. The molecule has 0 aromatic carbocycles. The van der Waals surface area contributed by atoms with Gasteiger partial charge in [0.1, 0.15) is 0 Å². The van der Waals surface area contributed by atoms with Crippen molar-refractivity contribution in [2.45, 2.75) is 39.2 Å². The van der Waals surface area contributed by atoms with Gasteiger partial charge in [-0.15, -0.1) is 0 Å². The molecule has 1 saturated carbocycles. The number of sulfone groups is 1. The SMILES string of the molecule is CC(C)CN(C1CC1)S(=O)(=O)C[C@@H]1CCS(=O)(=O)C1. The van der Waals surface area contributed by atoms with Gasteiger partial charge in [-0.05, 0) is 31.1 Å². The normalized spacial score (nSPS) is 27.3. The van der Waals surface area contributed by atoms with E-state index in [9.17, 15) is 16.8 Å². The number of nitrogens with zero attached hydrogens (tertiary/aromatic N) is 1. The van der Waals surface area contributed by atoms with Crippen LogP contribution in [0.15, 0.2) is 0 Å². The van der Waals surface area contributed by atoms with E-state index < -0.39 is 19.9 Å².